The number of hydrogen-bond donors (Lipinski definition) is 2. The van der Waals surface area contributed by atoms with Gasteiger partial charge in [-0.1, -0.05) is 12.1 Å². The van der Waals surface area contributed by atoms with Gasteiger partial charge in [-0.3, -0.25) is 9.00 Å². The van der Waals surface area contributed by atoms with E-state index in [-0.39, 0.29) is 10.7 Å². The predicted octanol–water partition coefficient (Wildman–Crippen LogP) is 2.67. The number of benzene rings is 1. The van der Waals surface area contributed by atoms with Crippen molar-refractivity contribution in [3.8, 4) is 0 Å². The molecule has 0 spiro atoms. The van der Waals surface area contributed by atoms with Crippen molar-refractivity contribution >= 4 is 22.4 Å². The third kappa shape index (κ3) is 6.87. The largest absolute Gasteiger partial charge is 0.326 e. The van der Waals surface area contributed by atoms with Crippen LogP contribution in [-0.2, 0) is 21.3 Å². The van der Waals surface area contributed by atoms with Crippen molar-refractivity contribution in [2.75, 3.05) is 18.9 Å². The number of carbonyl (C=O) groups excluding carboxylic acids is 1. The Labute approximate surface area is 130 Å². The highest BCUT2D eigenvalue weighted by atomic mass is 32.2. The molecule has 5 heteroatoms. The molecule has 0 radical (unpaired) electrons. The van der Waals surface area contributed by atoms with Gasteiger partial charge >= 0.3 is 0 Å². The van der Waals surface area contributed by atoms with Crippen LogP contribution in [0.3, 0.4) is 0 Å². The van der Waals surface area contributed by atoms with Crippen LogP contribution in [0.2, 0.25) is 0 Å². The summed E-state index contributed by atoms with van der Waals surface area (Å²) in [7, 11) is 0.935. The summed E-state index contributed by atoms with van der Waals surface area (Å²) in [5.74, 6) is 0.520. The molecule has 2 N–H and O–H groups in total. The first-order chi connectivity index (χ1) is 9.82. The van der Waals surface area contributed by atoms with Crippen molar-refractivity contribution < 1.29 is 9.00 Å². The van der Waals surface area contributed by atoms with E-state index in [2.05, 4.69) is 10.6 Å². The van der Waals surface area contributed by atoms with Gasteiger partial charge in [0.2, 0.25) is 5.91 Å². The van der Waals surface area contributed by atoms with Gasteiger partial charge in [0.15, 0.2) is 0 Å². The highest BCUT2D eigenvalue weighted by molar-refractivity contribution is 7.85. The molecule has 0 aromatic heterocycles. The number of rotatable bonds is 7. The molecule has 21 heavy (non-hydrogen) atoms. The lowest BCUT2D eigenvalue weighted by Crippen LogP contribution is -2.23. The van der Waals surface area contributed by atoms with E-state index in [1.165, 1.54) is 0 Å². The summed E-state index contributed by atoms with van der Waals surface area (Å²) in [6.07, 6.45) is 1.31. The first-order valence-electron chi connectivity index (χ1n) is 7.25. The van der Waals surface area contributed by atoms with Crippen molar-refractivity contribution in [2.24, 2.45) is 0 Å². The second-order valence-corrected chi connectivity index (χ2v) is 8.26. The molecule has 4 nitrogen and oxygen atoms in total. The van der Waals surface area contributed by atoms with Crippen LogP contribution in [0.1, 0.15) is 39.2 Å². The van der Waals surface area contributed by atoms with Gasteiger partial charge < -0.3 is 10.6 Å². The van der Waals surface area contributed by atoms with E-state index < -0.39 is 10.8 Å². The van der Waals surface area contributed by atoms with Gasteiger partial charge in [0.05, 0.1) is 0 Å². The molecule has 118 valence electrons. The highest BCUT2D eigenvalue weighted by Crippen LogP contribution is 2.18. The van der Waals surface area contributed by atoms with E-state index in [1.807, 2.05) is 52.1 Å². The second kappa shape index (κ2) is 8.29. The minimum absolute atomic E-state index is 0.0133. The van der Waals surface area contributed by atoms with E-state index in [1.54, 1.807) is 0 Å². The molecule has 0 aliphatic rings. The Bertz CT molecular complexity index is 495. The quantitative estimate of drug-likeness (QED) is 0.761. The fraction of sp³-hybridized carbons (Fsp3) is 0.562. The maximum Gasteiger partial charge on any atom is 0.224 e. The summed E-state index contributed by atoms with van der Waals surface area (Å²) in [6.45, 7) is 6.74. The third-order valence-electron chi connectivity index (χ3n) is 3.02. The molecule has 1 atom stereocenters. The Morgan fingerprint density at radius 2 is 2.00 bits per heavy atom. The minimum atomic E-state index is -0.936. The summed E-state index contributed by atoms with van der Waals surface area (Å²) in [6, 6.07) is 7.60. The van der Waals surface area contributed by atoms with Crippen LogP contribution in [0.25, 0.3) is 0 Å². The maximum atomic E-state index is 12.2. The van der Waals surface area contributed by atoms with Crippen molar-refractivity contribution in [3.63, 3.8) is 0 Å². The average Bonchev–Trinajstić information content (AvgIpc) is 2.38. The van der Waals surface area contributed by atoms with Crippen LogP contribution in [0.15, 0.2) is 24.3 Å². The van der Waals surface area contributed by atoms with Crippen molar-refractivity contribution in [2.45, 2.75) is 44.1 Å². The van der Waals surface area contributed by atoms with E-state index >= 15 is 0 Å². The van der Waals surface area contributed by atoms with Gasteiger partial charge in [-0.25, -0.2) is 0 Å². The maximum absolute atomic E-state index is 12.2. The number of nitrogens with one attached hydrogen (secondary N) is 2. The van der Waals surface area contributed by atoms with E-state index in [4.69, 9.17) is 0 Å². The lowest BCUT2D eigenvalue weighted by molar-refractivity contribution is -0.116. The molecule has 0 saturated heterocycles. The molecule has 0 bridgehead atoms. The molecule has 1 amide bonds. The smallest absolute Gasteiger partial charge is 0.224 e. The second-order valence-electron chi connectivity index (χ2n) is 6.06. The molecular formula is C16H26N2O2S. The zero-order valence-electron chi connectivity index (χ0n) is 13.4. The Morgan fingerprint density at radius 1 is 1.29 bits per heavy atom. The van der Waals surface area contributed by atoms with Crippen molar-refractivity contribution in [1.82, 2.24) is 5.32 Å². The third-order valence-corrected chi connectivity index (χ3v) is 4.98. The Hall–Kier alpha value is -1.20. The number of anilines is 1. The molecule has 1 rings (SSSR count). The van der Waals surface area contributed by atoms with Gasteiger partial charge in [-0.2, -0.15) is 0 Å². The Balaban J connectivity index is 2.60. The summed E-state index contributed by atoms with van der Waals surface area (Å²) >= 11 is 0. The summed E-state index contributed by atoms with van der Waals surface area (Å²) in [5.41, 5.74) is 1.75. The van der Waals surface area contributed by atoms with Crippen LogP contribution in [0.5, 0.6) is 0 Å². The monoisotopic (exact) mass is 310 g/mol. The topological polar surface area (TPSA) is 58.2 Å². The molecule has 0 saturated carbocycles. The molecule has 1 unspecified atom stereocenters. The fourth-order valence-electron chi connectivity index (χ4n) is 1.76. The first-order valence-corrected chi connectivity index (χ1v) is 8.56. The highest BCUT2D eigenvalue weighted by Gasteiger charge is 2.19. The summed E-state index contributed by atoms with van der Waals surface area (Å²) < 4.78 is 11.9. The van der Waals surface area contributed by atoms with E-state index in [0.29, 0.717) is 12.2 Å². The number of amides is 1. The average molecular weight is 310 g/mol. The molecule has 0 aliphatic carbocycles. The fourth-order valence-corrected chi connectivity index (χ4v) is 2.67. The zero-order chi connectivity index (χ0) is 15.9. The molecule has 0 aliphatic heterocycles. The van der Waals surface area contributed by atoms with Gasteiger partial charge in [0, 0.05) is 33.4 Å². The van der Waals surface area contributed by atoms with Gasteiger partial charge in [0.25, 0.3) is 0 Å². The van der Waals surface area contributed by atoms with Crippen LogP contribution < -0.4 is 10.6 Å². The molecule has 0 heterocycles. The first kappa shape index (κ1) is 17.9. The minimum Gasteiger partial charge on any atom is -0.326 e. The normalized spacial score (nSPS) is 13.0. The molecule has 1 aromatic rings. The Kier molecular flexibility index (Phi) is 7.05. The molecular weight excluding hydrogens is 284 g/mol. The van der Waals surface area contributed by atoms with Crippen molar-refractivity contribution in [1.29, 1.82) is 0 Å². The predicted molar refractivity (Wildman–Crippen MR) is 89.8 cm³/mol. The van der Waals surface area contributed by atoms with Crippen LogP contribution >= 0.6 is 0 Å². The lowest BCUT2D eigenvalue weighted by atomic mass is 10.2. The molecule has 1 aromatic carbocycles. The van der Waals surface area contributed by atoms with Crippen molar-refractivity contribution in [3.05, 3.63) is 29.8 Å². The summed E-state index contributed by atoms with van der Waals surface area (Å²) in [4.78, 5) is 11.8. The zero-order valence-corrected chi connectivity index (χ0v) is 14.2. The number of carbonyl (C=O) groups is 1. The van der Waals surface area contributed by atoms with Crippen LogP contribution in [0.4, 0.5) is 5.69 Å². The molecule has 0 fully saturated rings. The van der Waals surface area contributed by atoms with Gasteiger partial charge in [-0.05, 0) is 58.5 Å². The van der Waals surface area contributed by atoms with Gasteiger partial charge in [0.1, 0.15) is 0 Å². The summed E-state index contributed by atoms with van der Waals surface area (Å²) in [5, 5.41) is 5.91. The lowest BCUT2D eigenvalue weighted by Gasteiger charge is -2.18. The van der Waals surface area contributed by atoms with Crippen LogP contribution in [-0.4, -0.2) is 28.5 Å². The number of hydrogen-bond acceptors (Lipinski definition) is 3. The van der Waals surface area contributed by atoms with Gasteiger partial charge in [-0.15, -0.1) is 0 Å². The van der Waals surface area contributed by atoms with Crippen LogP contribution in [0, 0.1) is 0 Å². The Morgan fingerprint density at radius 3 is 2.62 bits per heavy atom. The standard InChI is InChI=1S/C16H26N2O2S/c1-16(2,3)21(20)12-13-7-5-8-14(11-13)18-15(19)9-6-10-17-4/h5,7-8,11,17H,6,9-10,12H2,1-4H3,(H,18,19). The van der Waals surface area contributed by atoms with E-state index in [9.17, 15) is 9.00 Å². The van der Waals surface area contributed by atoms with E-state index in [0.717, 1.165) is 24.2 Å². The SMILES string of the molecule is CNCCCC(=O)Nc1cccc(CS(=O)C(C)(C)C)c1.